The van der Waals surface area contributed by atoms with Gasteiger partial charge in [-0.15, -0.1) is 0 Å². The van der Waals surface area contributed by atoms with Gasteiger partial charge in [-0.25, -0.2) is 8.42 Å². The average Bonchev–Trinajstić information content (AvgIpc) is 2.85. The fourth-order valence-corrected chi connectivity index (χ4v) is 4.71. The van der Waals surface area contributed by atoms with Crippen LogP contribution in [-0.2, 0) is 21.0 Å². The number of hydrogen-bond donors (Lipinski definition) is 1. The van der Waals surface area contributed by atoms with E-state index in [9.17, 15) is 8.42 Å². The Morgan fingerprint density at radius 2 is 2.00 bits per heavy atom. The minimum atomic E-state index is -3.22. The van der Waals surface area contributed by atoms with Crippen molar-refractivity contribution in [2.24, 2.45) is 5.73 Å². The van der Waals surface area contributed by atoms with Crippen LogP contribution in [0.3, 0.4) is 0 Å². The highest BCUT2D eigenvalue weighted by Crippen LogP contribution is 2.24. The second-order valence-corrected chi connectivity index (χ2v) is 7.70. The van der Waals surface area contributed by atoms with Gasteiger partial charge in [0.2, 0.25) is 0 Å². The van der Waals surface area contributed by atoms with Gasteiger partial charge in [-0.3, -0.25) is 0 Å². The first kappa shape index (κ1) is 15.5. The van der Waals surface area contributed by atoms with Crippen LogP contribution in [0.15, 0.2) is 24.3 Å². The van der Waals surface area contributed by atoms with Crippen molar-refractivity contribution in [1.29, 1.82) is 0 Å². The van der Waals surface area contributed by atoms with Gasteiger partial charge in [0.15, 0.2) is 9.84 Å². The van der Waals surface area contributed by atoms with Crippen LogP contribution < -0.4 is 5.73 Å². The lowest BCUT2D eigenvalue weighted by Gasteiger charge is -2.18. The summed E-state index contributed by atoms with van der Waals surface area (Å²) in [6.07, 6.45) is 1.31. The molecular weight excluding hydrogens is 274 g/mol. The van der Waals surface area contributed by atoms with Crippen molar-refractivity contribution in [2.75, 3.05) is 12.4 Å². The fourth-order valence-electron chi connectivity index (χ4n) is 2.65. The Labute approximate surface area is 121 Å². The lowest BCUT2D eigenvalue weighted by molar-refractivity contribution is 0.126. The molecule has 1 fully saturated rings. The molecule has 1 aliphatic heterocycles. The fraction of sp³-hybridized carbons (Fsp3) is 0.600. The minimum Gasteiger partial charge on any atom is -0.377 e. The van der Waals surface area contributed by atoms with Gasteiger partial charge < -0.3 is 10.5 Å². The summed E-state index contributed by atoms with van der Waals surface area (Å²) in [5.74, 6) is -0.0170. The Morgan fingerprint density at radius 1 is 1.35 bits per heavy atom. The van der Waals surface area contributed by atoms with Crippen molar-refractivity contribution in [3.8, 4) is 0 Å². The summed E-state index contributed by atoms with van der Waals surface area (Å²) in [4.78, 5) is 0. The zero-order valence-corrected chi connectivity index (χ0v) is 12.9. The summed E-state index contributed by atoms with van der Waals surface area (Å²) in [5, 5.41) is -0.413. The molecule has 0 aromatic heterocycles. The van der Waals surface area contributed by atoms with Gasteiger partial charge in [-0.05, 0) is 30.9 Å². The maximum atomic E-state index is 12.4. The molecule has 1 aliphatic rings. The molecule has 0 radical (unpaired) electrons. The molecule has 1 saturated heterocycles. The van der Waals surface area contributed by atoms with Crippen LogP contribution in [0.4, 0.5) is 0 Å². The third-order valence-electron chi connectivity index (χ3n) is 4.00. The third-order valence-corrected chi connectivity index (χ3v) is 6.36. The maximum Gasteiger partial charge on any atom is 0.157 e. The molecule has 0 saturated carbocycles. The molecule has 0 aliphatic carbocycles. The molecule has 1 heterocycles. The Morgan fingerprint density at radius 3 is 2.50 bits per heavy atom. The molecule has 112 valence electrons. The van der Waals surface area contributed by atoms with Gasteiger partial charge in [0.1, 0.15) is 0 Å². The van der Waals surface area contributed by atoms with E-state index in [1.807, 2.05) is 31.2 Å². The van der Waals surface area contributed by atoms with E-state index >= 15 is 0 Å². The topological polar surface area (TPSA) is 69.4 Å². The molecule has 1 aromatic rings. The zero-order valence-electron chi connectivity index (χ0n) is 12.1. The predicted octanol–water partition coefficient (Wildman–Crippen LogP) is 1.84. The lowest BCUT2D eigenvalue weighted by atomic mass is 10.1. The van der Waals surface area contributed by atoms with Crippen LogP contribution in [0.1, 0.15) is 37.4 Å². The van der Waals surface area contributed by atoms with E-state index in [0.717, 1.165) is 12.0 Å². The number of rotatable bonds is 5. The van der Waals surface area contributed by atoms with Crippen molar-refractivity contribution in [2.45, 2.75) is 44.1 Å². The second kappa shape index (κ2) is 6.24. The highest BCUT2D eigenvalue weighted by atomic mass is 32.2. The van der Waals surface area contributed by atoms with Crippen LogP contribution in [0.5, 0.6) is 0 Å². The number of nitrogens with two attached hydrogens (primary N) is 1. The normalized spacial score (nSPS) is 24.8. The minimum absolute atomic E-state index is 0.0170. The second-order valence-electron chi connectivity index (χ2n) is 5.43. The summed E-state index contributed by atoms with van der Waals surface area (Å²) in [7, 11) is -3.22. The predicted molar refractivity (Wildman–Crippen MR) is 80.4 cm³/mol. The van der Waals surface area contributed by atoms with E-state index in [1.165, 1.54) is 5.56 Å². The molecular formula is C15H23NO3S. The summed E-state index contributed by atoms with van der Waals surface area (Å²) in [6, 6.07) is 7.38. The lowest BCUT2D eigenvalue weighted by Crippen LogP contribution is -2.34. The Kier molecular flexibility index (Phi) is 4.83. The smallest absolute Gasteiger partial charge is 0.157 e. The first-order chi connectivity index (χ1) is 9.44. The van der Waals surface area contributed by atoms with Crippen molar-refractivity contribution in [3.63, 3.8) is 0 Å². The van der Waals surface area contributed by atoms with E-state index in [0.29, 0.717) is 13.0 Å². The molecule has 0 amide bonds. The number of benzene rings is 1. The molecule has 2 N–H and O–H groups in total. The quantitative estimate of drug-likeness (QED) is 0.900. The molecule has 3 unspecified atom stereocenters. The maximum absolute atomic E-state index is 12.4. The van der Waals surface area contributed by atoms with Gasteiger partial charge in [-0.2, -0.15) is 0 Å². The number of aryl methyl sites for hydroxylation is 1. The number of sulfone groups is 1. The van der Waals surface area contributed by atoms with Gasteiger partial charge in [0.25, 0.3) is 0 Å². The van der Waals surface area contributed by atoms with Crippen molar-refractivity contribution in [3.05, 3.63) is 35.4 Å². The van der Waals surface area contributed by atoms with Crippen molar-refractivity contribution < 1.29 is 13.2 Å². The molecule has 1 aromatic carbocycles. The van der Waals surface area contributed by atoms with Crippen molar-refractivity contribution >= 4 is 9.84 Å². The molecule has 5 heteroatoms. The van der Waals surface area contributed by atoms with Crippen LogP contribution in [-0.4, -0.2) is 32.1 Å². The van der Waals surface area contributed by atoms with E-state index in [2.05, 4.69) is 6.92 Å². The summed E-state index contributed by atoms with van der Waals surface area (Å²) < 4.78 is 30.1. The van der Waals surface area contributed by atoms with Crippen molar-refractivity contribution in [1.82, 2.24) is 0 Å². The first-order valence-corrected chi connectivity index (χ1v) is 8.83. The number of hydrogen-bond acceptors (Lipinski definition) is 4. The standard InChI is InChI=1S/C15H23NO3S/c1-3-12-4-6-13(7-5-12)14(16)10-20(17,18)15-8-9-19-11(15)2/h4-7,11,14-15H,3,8-10,16H2,1-2H3. The van der Waals surface area contributed by atoms with Gasteiger partial charge in [-0.1, -0.05) is 31.2 Å². The molecule has 0 bridgehead atoms. The highest BCUT2D eigenvalue weighted by Gasteiger charge is 2.36. The first-order valence-electron chi connectivity index (χ1n) is 7.11. The van der Waals surface area contributed by atoms with E-state index in [1.54, 1.807) is 0 Å². The summed E-state index contributed by atoms with van der Waals surface area (Å²) in [6.45, 7) is 4.42. The van der Waals surface area contributed by atoms with E-state index in [4.69, 9.17) is 10.5 Å². The average molecular weight is 297 g/mol. The monoisotopic (exact) mass is 297 g/mol. The Bertz CT molecular complexity index is 539. The zero-order chi connectivity index (χ0) is 14.8. The van der Waals surface area contributed by atoms with Crippen LogP contribution in [0.25, 0.3) is 0 Å². The Balaban J connectivity index is 2.07. The van der Waals surface area contributed by atoms with Crippen LogP contribution in [0.2, 0.25) is 0 Å². The molecule has 3 atom stereocenters. The summed E-state index contributed by atoms with van der Waals surface area (Å²) >= 11 is 0. The van der Waals surface area contributed by atoms with Crippen LogP contribution in [0, 0.1) is 0 Å². The Hall–Kier alpha value is -0.910. The third kappa shape index (κ3) is 3.40. The van der Waals surface area contributed by atoms with Gasteiger partial charge in [0, 0.05) is 12.6 Å². The van der Waals surface area contributed by atoms with E-state index < -0.39 is 21.1 Å². The van der Waals surface area contributed by atoms with E-state index in [-0.39, 0.29) is 11.9 Å². The van der Waals surface area contributed by atoms with Gasteiger partial charge >= 0.3 is 0 Å². The molecule has 4 nitrogen and oxygen atoms in total. The highest BCUT2D eigenvalue weighted by molar-refractivity contribution is 7.92. The van der Waals surface area contributed by atoms with Gasteiger partial charge in [0.05, 0.1) is 17.1 Å². The SMILES string of the molecule is CCc1ccc(C(N)CS(=O)(=O)C2CCOC2C)cc1. The molecule has 20 heavy (non-hydrogen) atoms. The summed E-state index contributed by atoms with van der Waals surface area (Å²) in [5.41, 5.74) is 8.16. The largest absolute Gasteiger partial charge is 0.377 e. The van der Waals surface area contributed by atoms with Crippen LogP contribution >= 0.6 is 0 Å². The number of ether oxygens (including phenoxy) is 1. The molecule has 0 spiro atoms. The molecule has 2 rings (SSSR count).